The first-order valence-electron chi connectivity index (χ1n) is 8.14. The predicted molar refractivity (Wildman–Crippen MR) is 100 cm³/mol. The molecule has 0 bridgehead atoms. The van der Waals surface area contributed by atoms with Gasteiger partial charge in [0.05, 0.1) is 12.8 Å². The van der Waals surface area contributed by atoms with E-state index in [1.807, 2.05) is 4.90 Å². The fraction of sp³-hybridized carbons (Fsp3) is 0.375. The van der Waals surface area contributed by atoms with Crippen LogP contribution in [0.3, 0.4) is 0 Å². The third-order valence-corrected chi connectivity index (χ3v) is 4.23. The van der Waals surface area contributed by atoms with E-state index in [-0.39, 0.29) is 6.09 Å². The predicted octanol–water partition coefficient (Wildman–Crippen LogP) is 3.20. The standard InChI is InChI=1S/C16H18Cl2N6O2/c1-2-26-16(25)24-5-3-23(4-6-24)14-10-19-22-15(21-14)20-13-8-11(17)7-12(18)9-13/h7-10H,2-6H2,1H3,(H,20,21,22). The van der Waals surface area contributed by atoms with Crippen LogP contribution in [0, 0.1) is 0 Å². The van der Waals surface area contributed by atoms with Gasteiger partial charge in [-0.1, -0.05) is 23.2 Å². The zero-order chi connectivity index (χ0) is 18.5. The van der Waals surface area contributed by atoms with Gasteiger partial charge in [-0.25, -0.2) is 4.79 Å². The Morgan fingerprint density at radius 2 is 1.88 bits per heavy atom. The average Bonchev–Trinajstić information content (AvgIpc) is 2.61. The van der Waals surface area contributed by atoms with Gasteiger partial charge in [0.1, 0.15) is 0 Å². The lowest BCUT2D eigenvalue weighted by Crippen LogP contribution is -2.49. The molecule has 3 rings (SSSR count). The van der Waals surface area contributed by atoms with E-state index in [1.165, 1.54) is 0 Å². The molecular formula is C16H18Cl2N6O2. The number of benzene rings is 1. The molecule has 1 fully saturated rings. The first-order valence-corrected chi connectivity index (χ1v) is 8.90. The molecule has 0 atom stereocenters. The summed E-state index contributed by atoms with van der Waals surface area (Å²) in [6.45, 7) is 4.57. The molecule has 1 N–H and O–H groups in total. The summed E-state index contributed by atoms with van der Waals surface area (Å²) in [7, 11) is 0. The van der Waals surface area contributed by atoms with E-state index in [0.717, 1.165) is 0 Å². The molecule has 26 heavy (non-hydrogen) atoms. The second-order valence-electron chi connectivity index (χ2n) is 5.59. The largest absolute Gasteiger partial charge is 0.450 e. The Kier molecular flexibility index (Phi) is 5.95. The number of hydrogen-bond acceptors (Lipinski definition) is 7. The number of piperazine rings is 1. The van der Waals surface area contributed by atoms with Gasteiger partial charge in [-0.05, 0) is 25.1 Å². The first-order chi connectivity index (χ1) is 12.5. The van der Waals surface area contributed by atoms with Gasteiger partial charge in [0.25, 0.3) is 0 Å². The van der Waals surface area contributed by atoms with Gasteiger partial charge in [0, 0.05) is 41.9 Å². The quantitative estimate of drug-likeness (QED) is 0.848. The van der Waals surface area contributed by atoms with Crippen molar-refractivity contribution in [2.45, 2.75) is 6.92 Å². The van der Waals surface area contributed by atoms with Gasteiger partial charge >= 0.3 is 6.09 Å². The maximum atomic E-state index is 11.8. The van der Waals surface area contributed by atoms with E-state index < -0.39 is 0 Å². The summed E-state index contributed by atoms with van der Waals surface area (Å²) in [6.07, 6.45) is 1.31. The molecule has 8 nitrogen and oxygen atoms in total. The number of rotatable bonds is 4. The summed E-state index contributed by atoms with van der Waals surface area (Å²) in [5.74, 6) is 1.02. The zero-order valence-electron chi connectivity index (χ0n) is 14.2. The van der Waals surface area contributed by atoms with E-state index in [4.69, 9.17) is 27.9 Å². The van der Waals surface area contributed by atoms with E-state index >= 15 is 0 Å². The maximum Gasteiger partial charge on any atom is 0.409 e. The molecular weight excluding hydrogens is 379 g/mol. The summed E-state index contributed by atoms with van der Waals surface area (Å²) >= 11 is 12.0. The molecule has 1 amide bonds. The van der Waals surface area contributed by atoms with E-state index in [1.54, 1.807) is 36.2 Å². The second-order valence-corrected chi connectivity index (χ2v) is 6.47. The van der Waals surface area contributed by atoms with Crippen molar-refractivity contribution in [1.82, 2.24) is 20.1 Å². The molecule has 0 radical (unpaired) electrons. The molecule has 1 aromatic heterocycles. The number of nitrogens with zero attached hydrogens (tertiary/aromatic N) is 5. The highest BCUT2D eigenvalue weighted by Gasteiger charge is 2.23. The Balaban J connectivity index is 1.65. The molecule has 1 aliphatic rings. The van der Waals surface area contributed by atoms with Crippen LogP contribution in [0.1, 0.15) is 6.92 Å². The van der Waals surface area contributed by atoms with Gasteiger partial charge in [-0.2, -0.15) is 10.1 Å². The molecule has 0 aliphatic carbocycles. The van der Waals surface area contributed by atoms with E-state index in [0.29, 0.717) is 60.3 Å². The minimum Gasteiger partial charge on any atom is -0.450 e. The van der Waals surface area contributed by atoms with Crippen molar-refractivity contribution in [2.75, 3.05) is 43.0 Å². The molecule has 2 aromatic rings. The van der Waals surface area contributed by atoms with Gasteiger partial charge in [0.15, 0.2) is 5.82 Å². The number of amides is 1. The monoisotopic (exact) mass is 396 g/mol. The normalized spacial score (nSPS) is 14.3. The molecule has 1 aliphatic heterocycles. The lowest BCUT2D eigenvalue weighted by molar-refractivity contribution is 0.105. The maximum absolute atomic E-state index is 11.8. The highest BCUT2D eigenvalue weighted by atomic mass is 35.5. The Hall–Kier alpha value is -2.32. The van der Waals surface area contributed by atoms with Gasteiger partial charge in [-0.15, -0.1) is 5.10 Å². The molecule has 1 saturated heterocycles. The van der Waals surface area contributed by atoms with Crippen molar-refractivity contribution in [3.8, 4) is 0 Å². The third kappa shape index (κ3) is 4.64. The van der Waals surface area contributed by atoms with Gasteiger partial charge in [-0.3, -0.25) is 0 Å². The first kappa shape index (κ1) is 18.5. The van der Waals surface area contributed by atoms with Crippen LogP contribution in [0.15, 0.2) is 24.4 Å². The third-order valence-electron chi connectivity index (χ3n) is 3.79. The van der Waals surface area contributed by atoms with Crippen LogP contribution in [0.5, 0.6) is 0 Å². The SMILES string of the molecule is CCOC(=O)N1CCN(c2cnnc(Nc3cc(Cl)cc(Cl)c3)n2)CC1. The molecule has 1 aromatic carbocycles. The average molecular weight is 397 g/mol. The minimum absolute atomic E-state index is 0.284. The van der Waals surface area contributed by atoms with Crippen molar-refractivity contribution in [1.29, 1.82) is 0 Å². The second kappa shape index (κ2) is 8.37. The van der Waals surface area contributed by atoms with Gasteiger partial charge < -0.3 is 19.9 Å². The van der Waals surface area contributed by atoms with Crippen LogP contribution in [-0.2, 0) is 4.74 Å². The fourth-order valence-corrected chi connectivity index (χ4v) is 3.11. The minimum atomic E-state index is -0.284. The Morgan fingerprint density at radius 1 is 1.19 bits per heavy atom. The summed E-state index contributed by atoms with van der Waals surface area (Å²) in [5.41, 5.74) is 0.675. The van der Waals surface area contributed by atoms with Crippen molar-refractivity contribution in [3.63, 3.8) is 0 Å². The van der Waals surface area contributed by atoms with Crippen LogP contribution in [-0.4, -0.2) is 59.0 Å². The summed E-state index contributed by atoms with van der Waals surface area (Å²) < 4.78 is 5.03. The number of carbonyl (C=O) groups excluding carboxylic acids is 1. The Labute approximate surface area is 161 Å². The summed E-state index contributed by atoms with van der Waals surface area (Å²) in [4.78, 5) is 20.0. The van der Waals surface area contributed by atoms with E-state index in [9.17, 15) is 4.79 Å². The van der Waals surface area contributed by atoms with Crippen molar-refractivity contribution < 1.29 is 9.53 Å². The number of anilines is 3. The highest BCUT2D eigenvalue weighted by molar-refractivity contribution is 6.35. The number of aromatic nitrogens is 3. The highest BCUT2D eigenvalue weighted by Crippen LogP contribution is 2.24. The smallest absolute Gasteiger partial charge is 0.409 e. The fourth-order valence-electron chi connectivity index (χ4n) is 2.59. The Morgan fingerprint density at radius 3 is 2.54 bits per heavy atom. The lowest BCUT2D eigenvalue weighted by Gasteiger charge is -2.34. The van der Waals surface area contributed by atoms with Gasteiger partial charge in [0.2, 0.25) is 5.95 Å². The van der Waals surface area contributed by atoms with Crippen LogP contribution < -0.4 is 10.2 Å². The summed E-state index contributed by atoms with van der Waals surface area (Å²) in [6, 6.07) is 5.09. The van der Waals surface area contributed by atoms with Crippen LogP contribution in [0.2, 0.25) is 10.0 Å². The number of halogens is 2. The molecule has 138 valence electrons. The van der Waals surface area contributed by atoms with E-state index in [2.05, 4.69) is 20.5 Å². The lowest BCUT2D eigenvalue weighted by atomic mass is 10.3. The topological polar surface area (TPSA) is 83.5 Å². The number of carbonyl (C=O) groups is 1. The van der Waals surface area contributed by atoms with Crippen molar-refractivity contribution >= 4 is 46.7 Å². The summed E-state index contributed by atoms with van der Waals surface area (Å²) in [5, 5.41) is 12.1. The molecule has 2 heterocycles. The van der Waals surface area contributed by atoms with Crippen LogP contribution in [0.25, 0.3) is 0 Å². The zero-order valence-corrected chi connectivity index (χ0v) is 15.7. The molecule has 0 saturated carbocycles. The van der Waals surface area contributed by atoms with Crippen molar-refractivity contribution in [3.05, 3.63) is 34.4 Å². The number of hydrogen-bond donors (Lipinski definition) is 1. The Bertz CT molecular complexity index is 763. The van der Waals surface area contributed by atoms with Crippen LogP contribution in [0.4, 0.5) is 22.2 Å². The number of nitrogens with one attached hydrogen (secondary N) is 1. The number of ether oxygens (including phenoxy) is 1. The molecule has 10 heteroatoms. The molecule has 0 unspecified atom stereocenters. The molecule has 0 spiro atoms. The van der Waals surface area contributed by atoms with Crippen LogP contribution >= 0.6 is 23.2 Å². The van der Waals surface area contributed by atoms with Crippen molar-refractivity contribution in [2.24, 2.45) is 0 Å².